The van der Waals surface area contributed by atoms with Crippen LogP contribution in [0, 0.1) is 0 Å². The Balaban J connectivity index is 1.05. The summed E-state index contributed by atoms with van der Waals surface area (Å²) in [4.78, 5) is 4.95. The van der Waals surface area contributed by atoms with E-state index in [1.165, 1.54) is 99.4 Å². The number of rotatable bonds is 4. The molecule has 2 aliphatic carbocycles. The molecule has 0 atom stereocenters. The maximum atomic E-state index is 4.95. The summed E-state index contributed by atoms with van der Waals surface area (Å²) in [6.07, 6.45) is 4.19. The summed E-state index contributed by atoms with van der Waals surface area (Å²) >= 11 is 0. The molecule has 2 nitrogen and oxygen atoms in total. The van der Waals surface area contributed by atoms with Gasteiger partial charge in [-0.1, -0.05) is 159 Å². The van der Waals surface area contributed by atoms with Crippen LogP contribution in [-0.2, 0) is 5.41 Å². The molecule has 2 aliphatic rings. The average molecular weight is 713 g/mol. The van der Waals surface area contributed by atoms with Gasteiger partial charge < -0.3 is 4.40 Å². The first-order chi connectivity index (χ1) is 27.5. The number of imidazole rings is 1. The lowest BCUT2D eigenvalue weighted by Crippen LogP contribution is -2.15. The van der Waals surface area contributed by atoms with Crippen LogP contribution in [0.3, 0.4) is 0 Å². The number of pyridine rings is 1. The van der Waals surface area contributed by atoms with Gasteiger partial charge in [-0.15, -0.1) is 0 Å². The fraction of sp³-hybridized carbons (Fsp3) is 0.0556. The van der Waals surface area contributed by atoms with Crippen LogP contribution < -0.4 is 0 Å². The maximum Gasteiger partial charge on any atom is 0.137 e. The Hall–Kier alpha value is -7.03. The van der Waals surface area contributed by atoms with E-state index in [4.69, 9.17) is 4.98 Å². The predicted octanol–water partition coefficient (Wildman–Crippen LogP) is 14.3. The summed E-state index contributed by atoms with van der Waals surface area (Å²) in [6, 6.07) is 62.9. The molecule has 0 bridgehead atoms. The van der Waals surface area contributed by atoms with Gasteiger partial charge in [0.1, 0.15) is 5.65 Å². The van der Waals surface area contributed by atoms with Crippen LogP contribution in [0.5, 0.6) is 0 Å². The molecule has 2 heterocycles. The lowest BCUT2D eigenvalue weighted by Gasteiger charge is -2.22. The highest BCUT2D eigenvalue weighted by molar-refractivity contribution is 6.28. The van der Waals surface area contributed by atoms with E-state index in [0.717, 1.165) is 16.9 Å². The van der Waals surface area contributed by atoms with Gasteiger partial charge in [-0.2, -0.15) is 0 Å². The Morgan fingerprint density at radius 3 is 1.61 bits per heavy atom. The van der Waals surface area contributed by atoms with Crippen LogP contribution in [0.15, 0.2) is 182 Å². The summed E-state index contributed by atoms with van der Waals surface area (Å²) in [5.41, 5.74) is 21.2. The van der Waals surface area contributed by atoms with E-state index in [-0.39, 0.29) is 5.41 Å². The highest BCUT2D eigenvalue weighted by Crippen LogP contribution is 2.59. The number of fused-ring (bicyclic) bond motifs is 8. The van der Waals surface area contributed by atoms with Crippen molar-refractivity contribution in [2.24, 2.45) is 0 Å². The minimum atomic E-state index is -0.170. The molecular formula is C54H36N2. The van der Waals surface area contributed by atoms with E-state index in [9.17, 15) is 0 Å². The van der Waals surface area contributed by atoms with Crippen LogP contribution in [0.4, 0.5) is 0 Å². The number of benzene rings is 8. The average Bonchev–Trinajstić information content (AvgIpc) is 3.90. The topological polar surface area (TPSA) is 17.3 Å². The SMILES string of the molecule is CC1(C)c2cc(-c3cn4ccccc4n3)ccc2-c2ccc(-c3ccc4c5c(cccc35)-c3c-4c(-c4ccccc4)c4ccccc4c3-c3ccccc3)cc21. The monoisotopic (exact) mass is 712 g/mol. The van der Waals surface area contributed by atoms with Gasteiger partial charge in [0.05, 0.1) is 5.69 Å². The Bertz CT molecular complexity index is 3130. The second-order valence-corrected chi connectivity index (χ2v) is 15.9. The molecule has 0 fully saturated rings. The fourth-order valence-corrected chi connectivity index (χ4v) is 10.00. The smallest absolute Gasteiger partial charge is 0.137 e. The van der Waals surface area contributed by atoms with Crippen LogP contribution in [0.2, 0.25) is 0 Å². The van der Waals surface area contributed by atoms with Gasteiger partial charge in [0, 0.05) is 23.4 Å². The van der Waals surface area contributed by atoms with Crippen molar-refractivity contribution in [2.75, 3.05) is 0 Å². The van der Waals surface area contributed by atoms with Crippen LogP contribution >= 0.6 is 0 Å². The molecule has 10 aromatic rings. The van der Waals surface area contributed by atoms with Gasteiger partial charge >= 0.3 is 0 Å². The zero-order valence-electron chi connectivity index (χ0n) is 31.2. The molecule has 0 amide bonds. The number of hydrogen-bond donors (Lipinski definition) is 0. The van der Waals surface area contributed by atoms with Crippen molar-refractivity contribution in [3.8, 4) is 78.0 Å². The van der Waals surface area contributed by atoms with E-state index in [0.29, 0.717) is 0 Å². The van der Waals surface area contributed by atoms with Crippen LogP contribution in [0.1, 0.15) is 25.0 Å². The molecule has 8 aromatic carbocycles. The summed E-state index contributed by atoms with van der Waals surface area (Å²) in [7, 11) is 0. The third-order valence-corrected chi connectivity index (χ3v) is 12.6. The lowest BCUT2D eigenvalue weighted by molar-refractivity contribution is 0.661. The first-order valence-electron chi connectivity index (χ1n) is 19.5. The van der Waals surface area contributed by atoms with Crippen LogP contribution in [-0.4, -0.2) is 9.38 Å². The molecule has 12 rings (SSSR count). The van der Waals surface area contributed by atoms with E-state index >= 15 is 0 Å². The van der Waals surface area contributed by atoms with E-state index in [1.54, 1.807) is 0 Å². The van der Waals surface area contributed by atoms with Crippen LogP contribution in [0.25, 0.3) is 105 Å². The molecule has 0 saturated heterocycles. The third-order valence-electron chi connectivity index (χ3n) is 12.6. The first kappa shape index (κ1) is 31.3. The first-order valence-corrected chi connectivity index (χ1v) is 19.5. The third kappa shape index (κ3) is 4.30. The predicted molar refractivity (Wildman–Crippen MR) is 234 cm³/mol. The van der Waals surface area contributed by atoms with Gasteiger partial charge in [0.2, 0.25) is 0 Å². The summed E-state index contributed by atoms with van der Waals surface area (Å²) in [6.45, 7) is 4.75. The fourth-order valence-electron chi connectivity index (χ4n) is 10.00. The summed E-state index contributed by atoms with van der Waals surface area (Å²) in [5.74, 6) is 0. The largest absolute Gasteiger partial charge is 0.306 e. The van der Waals surface area contributed by atoms with Crippen molar-refractivity contribution in [2.45, 2.75) is 19.3 Å². The molecule has 0 saturated carbocycles. The zero-order valence-corrected chi connectivity index (χ0v) is 31.2. The van der Waals surface area contributed by atoms with Gasteiger partial charge in [-0.05, 0) is 124 Å². The van der Waals surface area contributed by atoms with Gasteiger partial charge in [0.25, 0.3) is 0 Å². The number of nitrogens with zero attached hydrogens (tertiary/aromatic N) is 2. The molecular weight excluding hydrogens is 677 g/mol. The summed E-state index contributed by atoms with van der Waals surface area (Å²) in [5, 5.41) is 5.20. The molecule has 2 heteroatoms. The lowest BCUT2D eigenvalue weighted by atomic mass is 9.80. The Labute approximate surface area is 326 Å². The normalized spacial score (nSPS) is 13.3. The van der Waals surface area contributed by atoms with Crippen molar-refractivity contribution in [1.82, 2.24) is 9.38 Å². The molecule has 0 aliphatic heterocycles. The molecule has 56 heavy (non-hydrogen) atoms. The molecule has 0 N–H and O–H groups in total. The minimum absolute atomic E-state index is 0.170. The van der Waals surface area contributed by atoms with Gasteiger partial charge in [-0.3, -0.25) is 0 Å². The van der Waals surface area contributed by atoms with Gasteiger partial charge in [-0.25, -0.2) is 4.98 Å². The molecule has 0 spiro atoms. The second-order valence-electron chi connectivity index (χ2n) is 15.9. The van der Waals surface area contributed by atoms with Crippen molar-refractivity contribution < 1.29 is 0 Å². The Kier molecular flexibility index (Phi) is 6.43. The van der Waals surface area contributed by atoms with Gasteiger partial charge in [0.15, 0.2) is 0 Å². The highest BCUT2D eigenvalue weighted by Gasteiger charge is 2.37. The standard InChI is InChI=1S/C54H36N2/c1-54(2)45-30-35(23-25-38(45)39-26-24-36(31-46(39)54)47-32-56-29-12-11-22-48(56)55-47)37-27-28-44-51-40(37)20-13-21-43(51)52-49(33-14-5-3-6-15-33)41-18-9-10-19-42(41)50(53(44)52)34-16-7-4-8-17-34/h3-32H,1-2H3. The molecule has 0 radical (unpaired) electrons. The quantitative estimate of drug-likeness (QED) is 0.178. The Morgan fingerprint density at radius 2 is 0.946 bits per heavy atom. The van der Waals surface area contributed by atoms with E-state index in [2.05, 4.69) is 188 Å². The number of hydrogen-bond acceptors (Lipinski definition) is 1. The second kappa shape index (κ2) is 11.5. The molecule has 0 unspecified atom stereocenters. The van der Waals surface area contributed by atoms with Crippen molar-refractivity contribution in [3.63, 3.8) is 0 Å². The molecule has 262 valence electrons. The maximum absolute atomic E-state index is 4.95. The van der Waals surface area contributed by atoms with Crippen molar-refractivity contribution >= 4 is 27.2 Å². The molecule has 2 aromatic heterocycles. The van der Waals surface area contributed by atoms with E-state index < -0.39 is 0 Å². The Morgan fingerprint density at radius 1 is 0.411 bits per heavy atom. The summed E-state index contributed by atoms with van der Waals surface area (Å²) < 4.78 is 2.10. The highest BCUT2D eigenvalue weighted by atomic mass is 15.0. The minimum Gasteiger partial charge on any atom is -0.306 e. The van der Waals surface area contributed by atoms with Crippen molar-refractivity contribution in [1.29, 1.82) is 0 Å². The zero-order chi connectivity index (χ0) is 37.1. The van der Waals surface area contributed by atoms with Crippen molar-refractivity contribution in [3.05, 3.63) is 193 Å². The van der Waals surface area contributed by atoms with E-state index in [1.807, 2.05) is 12.1 Å². The number of aromatic nitrogens is 2.